The van der Waals surface area contributed by atoms with Gasteiger partial charge in [-0.15, -0.1) is 0 Å². The molecule has 0 spiro atoms. The molecule has 0 bridgehead atoms. The molecule has 1 aliphatic rings. The van der Waals surface area contributed by atoms with E-state index in [0.29, 0.717) is 5.92 Å². The van der Waals surface area contributed by atoms with Gasteiger partial charge in [-0.2, -0.15) is 5.26 Å². The van der Waals surface area contributed by atoms with E-state index in [9.17, 15) is 0 Å². The second kappa shape index (κ2) is 5.13. The first-order chi connectivity index (χ1) is 5.88. The van der Waals surface area contributed by atoms with Crippen LogP contribution in [0.25, 0.3) is 0 Å². The lowest BCUT2D eigenvalue weighted by Gasteiger charge is -2.26. The Morgan fingerprint density at radius 3 is 2.75 bits per heavy atom. The van der Waals surface area contributed by atoms with Gasteiger partial charge in [0.15, 0.2) is 0 Å². The maximum absolute atomic E-state index is 8.86. The Morgan fingerprint density at radius 2 is 2.25 bits per heavy atom. The van der Waals surface area contributed by atoms with Gasteiger partial charge in [0, 0.05) is 13.2 Å². The maximum Gasteiger partial charge on any atom is 0.0983 e. The smallest absolute Gasteiger partial charge is 0.0983 e. The van der Waals surface area contributed by atoms with Crippen molar-refractivity contribution < 1.29 is 4.74 Å². The highest BCUT2D eigenvalue weighted by atomic mass is 16.5. The zero-order valence-electron chi connectivity index (χ0n) is 7.55. The number of hydrogen-bond donors (Lipinski definition) is 1. The largest absolute Gasteiger partial charge is 0.381 e. The fraction of sp³-hybridized carbons (Fsp3) is 0.889. The first-order valence-corrected chi connectivity index (χ1v) is 4.59. The molecule has 3 heteroatoms. The van der Waals surface area contributed by atoms with E-state index >= 15 is 0 Å². The number of nitriles is 1. The van der Waals surface area contributed by atoms with Gasteiger partial charge >= 0.3 is 0 Å². The van der Waals surface area contributed by atoms with Crippen molar-refractivity contribution >= 4 is 0 Å². The van der Waals surface area contributed by atoms with E-state index in [1.165, 1.54) is 0 Å². The zero-order chi connectivity index (χ0) is 8.81. The molecule has 0 aromatic heterocycles. The highest BCUT2D eigenvalue weighted by molar-refractivity contribution is 4.95. The van der Waals surface area contributed by atoms with Crippen molar-refractivity contribution in [3.8, 4) is 6.07 Å². The van der Waals surface area contributed by atoms with Crippen LogP contribution in [0.15, 0.2) is 0 Å². The summed E-state index contributed by atoms with van der Waals surface area (Å²) in [6.45, 7) is 4.53. The lowest BCUT2D eigenvalue weighted by Crippen LogP contribution is -2.37. The Morgan fingerprint density at radius 1 is 1.58 bits per heavy atom. The van der Waals surface area contributed by atoms with Gasteiger partial charge in [0.05, 0.1) is 12.1 Å². The van der Waals surface area contributed by atoms with Gasteiger partial charge in [-0.1, -0.05) is 6.92 Å². The summed E-state index contributed by atoms with van der Waals surface area (Å²) >= 11 is 0. The molecule has 1 fully saturated rings. The van der Waals surface area contributed by atoms with Crippen LogP contribution in [0.5, 0.6) is 0 Å². The Balaban J connectivity index is 2.36. The SMILES string of the molecule is CCNC(C#N)C1CCOCC1. The molecule has 1 atom stereocenters. The predicted octanol–water partition coefficient (Wildman–Crippen LogP) is 0.915. The van der Waals surface area contributed by atoms with Crippen LogP contribution in [-0.2, 0) is 4.74 Å². The third-order valence-corrected chi connectivity index (χ3v) is 2.30. The van der Waals surface area contributed by atoms with Crippen molar-refractivity contribution in [2.45, 2.75) is 25.8 Å². The van der Waals surface area contributed by atoms with Gasteiger partial charge in [-0.3, -0.25) is 0 Å². The third kappa shape index (κ3) is 2.47. The van der Waals surface area contributed by atoms with E-state index in [2.05, 4.69) is 11.4 Å². The van der Waals surface area contributed by atoms with E-state index in [1.807, 2.05) is 6.92 Å². The average molecular weight is 168 g/mol. The summed E-state index contributed by atoms with van der Waals surface area (Å²) < 4.78 is 5.24. The van der Waals surface area contributed by atoms with Crippen molar-refractivity contribution in [3.63, 3.8) is 0 Å². The molecule has 1 aliphatic heterocycles. The molecule has 0 radical (unpaired) electrons. The van der Waals surface area contributed by atoms with Crippen LogP contribution >= 0.6 is 0 Å². The molecular weight excluding hydrogens is 152 g/mol. The van der Waals surface area contributed by atoms with E-state index in [-0.39, 0.29) is 6.04 Å². The standard InChI is InChI=1S/C9H16N2O/c1-2-11-9(7-10)8-3-5-12-6-4-8/h8-9,11H,2-6H2,1H3. The topological polar surface area (TPSA) is 45.0 Å². The second-order valence-electron chi connectivity index (χ2n) is 3.11. The Hall–Kier alpha value is -0.590. The quantitative estimate of drug-likeness (QED) is 0.681. The van der Waals surface area contributed by atoms with Gasteiger partial charge in [0.25, 0.3) is 0 Å². The summed E-state index contributed by atoms with van der Waals surface area (Å²) in [4.78, 5) is 0. The monoisotopic (exact) mass is 168 g/mol. The van der Waals surface area contributed by atoms with Gasteiger partial charge in [0.2, 0.25) is 0 Å². The van der Waals surface area contributed by atoms with Crippen LogP contribution in [0.1, 0.15) is 19.8 Å². The number of rotatable bonds is 3. The van der Waals surface area contributed by atoms with E-state index < -0.39 is 0 Å². The molecule has 0 amide bonds. The second-order valence-corrected chi connectivity index (χ2v) is 3.11. The van der Waals surface area contributed by atoms with Crippen LogP contribution < -0.4 is 5.32 Å². The fourth-order valence-corrected chi connectivity index (χ4v) is 1.59. The average Bonchev–Trinajstić information content (AvgIpc) is 2.15. The summed E-state index contributed by atoms with van der Waals surface area (Å²) in [5.41, 5.74) is 0. The van der Waals surface area contributed by atoms with Crippen molar-refractivity contribution in [3.05, 3.63) is 0 Å². The first kappa shape index (κ1) is 9.50. The number of nitrogens with one attached hydrogen (secondary N) is 1. The minimum atomic E-state index is 0.0268. The molecule has 68 valence electrons. The zero-order valence-corrected chi connectivity index (χ0v) is 7.55. The molecule has 0 aliphatic carbocycles. The van der Waals surface area contributed by atoms with Gasteiger partial charge in [0.1, 0.15) is 0 Å². The molecule has 0 aromatic carbocycles. The van der Waals surface area contributed by atoms with Crippen LogP contribution in [0.4, 0.5) is 0 Å². The minimum absolute atomic E-state index is 0.0268. The van der Waals surface area contributed by atoms with E-state index in [4.69, 9.17) is 10.00 Å². The Kier molecular flexibility index (Phi) is 4.06. The lowest BCUT2D eigenvalue weighted by molar-refractivity contribution is 0.0601. The summed E-state index contributed by atoms with van der Waals surface area (Å²) in [7, 11) is 0. The molecule has 3 nitrogen and oxygen atoms in total. The summed E-state index contributed by atoms with van der Waals surface area (Å²) in [6, 6.07) is 2.33. The number of hydrogen-bond acceptors (Lipinski definition) is 3. The normalized spacial score (nSPS) is 21.7. The van der Waals surface area contributed by atoms with E-state index in [1.54, 1.807) is 0 Å². The van der Waals surface area contributed by atoms with Gasteiger partial charge in [-0.25, -0.2) is 0 Å². The molecule has 1 heterocycles. The van der Waals surface area contributed by atoms with Crippen molar-refractivity contribution in [1.82, 2.24) is 5.32 Å². The summed E-state index contributed by atoms with van der Waals surface area (Å²) in [6.07, 6.45) is 2.04. The van der Waals surface area contributed by atoms with Crippen molar-refractivity contribution in [2.24, 2.45) is 5.92 Å². The molecule has 1 unspecified atom stereocenters. The highest BCUT2D eigenvalue weighted by Crippen LogP contribution is 2.18. The molecule has 1 N–H and O–H groups in total. The van der Waals surface area contributed by atoms with Crippen LogP contribution in [0, 0.1) is 17.2 Å². The molecular formula is C9H16N2O. The molecule has 0 aromatic rings. The third-order valence-electron chi connectivity index (χ3n) is 2.30. The van der Waals surface area contributed by atoms with Crippen LogP contribution in [0.3, 0.4) is 0 Å². The van der Waals surface area contributed by atoms with Gasteiger partial charge in [-0.05, 0) is 25.3 Å². The number of nitrogens with zero attached hydrogens (tertiary/aromatic N) is 1. The number of ether oxygens (including phenoxy) is 1. The molecule has 1 rings (SSSR count). The fourth-order valence-electron chi connectivity index (χ4n) is 1.59. The van der Waals surface area contributed by atoms with E-state index in [0.717, 1.165) is 32.6 Å². The minimum Gasteiger partial charge on any atom is -0.381 e. The molecule has 0 saturated carbocycles. The molecule has 12 heavy (non-hydrogen) atoms. The molecule has 1 saturated heterocycles. The van der Waals surface area contributed by atoms with Crippen LogP contribution in [0.2, 0.25) is 0 Å². The maximum atomic E-state index is 8.86. The van der Waals surface area contributed by atoms with Crippen LogP contribution in [-0.4, -0.2) is 25.8 Å². The van der Waals surface area contributed by atoms with Gasteiger partial charge < -0.3 is 10.1 Å². The first-order valence-electron chi connectivity index (χ1n) is 4.59. The summed E-state index contributed by atoms with van der Waals surface area (Å²) in [5.74, 6) is 0.490. The Labute approximate surface area is 73.7 Å². The lowest BCUT2D eigenvalue weighted by atomic mass is 9.93. The van der Waals surface area contributed by atoms with Crippen molar-refractivity contribution in [1.29, 1.82) is 5.26 Å². The predicted molar refractivity (Wildman–Crippen MR) is 46.6 cm³/mol. The Bertz CT molecular complexity index is 158. The summed E-state index contributed by atoms with van der Waals surface area (Å²) in [5, 5.41) is 12.0. The van der Waals surface area contributed by atoms with Crippen molar-refractivity contribution in [2.75, 3.05) is 19.8 Å². The highest BCUT2D eigenvalue weighted by Gasteiger charge is 2.22.